The molecule has 2 heterocycles. The first kappa shape index (κ1) is 10.8. The molecule has 0 bridgehead atoms. The SMILES string of the molecule is CCc1ccc2c(c1)C(=O)N1CCNC[C@H]1C2. The molecule has 1 fully saturated rings. The van der Waals surface area contributed by atoms with Crippen molar-refractivity contribution >= 4 is 5.91 Å². The minimum absolute atomic E-state index is 0.230. The van der Waals surface area contributed by atoms with Crippen molar-refractivity contribution in [2.45, 2.75) is 25.8 Å². The molecule has 90 valence electrons. The van der Waals surface area contributed by atoms with Crippen LogP contribution in [-0.4, -0.2) is 36.5 Å². The maximum atomic E-state index is 12.4. The van der Waals surface area contributed by atoms with E-state index in [4.69, 9.17) is 0 Å². The second kappa shape index (κ2) is 4.15. The first-order valence-electron chi connectivity index (χ1n) is 6.43. The lowest BCUT2D eigenvalue weighted by Gasteiger charge is -2.40. The van der Waals surface area contributed by atoms with Crippen LogP contribution in [0.2, 0.25) is 0 Å². The fourth-order valence-corrected chi connectivity index (χ4v) is 2.84. The molecule has 3 nitrogen and oxygen atoms in total. The molecule has 1 aromatic rings. The Hall–Kier alpha value is -1.35. The van der Waals surface area contributed by atoms with E-state index in [9.17, 15) is 4.79 Å². The van der Waals surface area contributed by atoms with Gasteiger partial charge in [-0.1, -0.05) is 19.1 Å². The van der Waals surface area contributed by atoms with Crippen LogP contribution in [0, 0.1) is 0 Å². The molecule has 3 heteroatoms. The number of carbonyl (C=O) groups excluding carboxylic acids is 1. The van der Waals surface area contributed by atoms with E-state index in [1.807, 2.05) is 4.90 Å². The molecule has 0 unspecified atom stereocenters. The van der Waals surface area contributed by atoms with Crippen LogP contribution in [-0.2, 0) is 12.8 Å². The lowest BCUT2D eigenvalue weighted by atomic mass is 9.90. The summed E-state index contributed by atoms with van der Waals surface area (Å²) in [6, 6.07) is 6.72. The van der Waals surface area contributed by atoms with Crippen LogP contribution in [0.3, 0.4) is 0 Å². The molecule has 0 saturated carbocycles. The third-order valence-electron chi connectivity index (χ3n) is 3.88. The Morgan fingerprint density at radius 2 is 2.35 bits per heavy atom. The summed E-state index contributed by atoms with van der Waals surface area (Å²) in [6.07, 6.45) is 1.99. The summed E-state index contributed by atoms with van der Waals surface area (Å²) in [6.45, 7) is 4.83. The molecule has 2 aliphatic rings. The van der Waals surface area contributed by atoms with Crippen LogP contribution in [0.25, 0.3) is 0 Å². The maximum Gasteiger partial charge on any atom is 0.254 e. The van der Waals surface area contributed by atoms with Crippen molar-refractivity contribution in [1.82, 2.24) is 10.2 Å². The number of fused-ring (bicyclic) bond motifs is 2. The average Bonchev–Trinajstić information content (AvgIpc) is 2.39. The molecule has 0 aromatic heterocycles. The third kappa shape index (κ3) is 1.75. The normalized spacial score (nSPS) is 23.2. The van der Waals surface area contributed by atoms with Crippen LogP contribution >= 0.6 is 0 Å². The predicted octanol–water partition coefficient (Wildman–Crippen LogP) is 1.22. The number of nitrogens with zero attached hydrogens (tertiary/aromatic N) is 1. The van der Waals surface area contributed by atoms with Crippen molar-refractivity contribution in [1.29, 1.82) is 0 Å². The second-order valence-corrected chi connectivity index (χ2v) is 4.91. The van der Waals surface area contributed by atoms with Crippen LogP contribution < -0.4 is 5.32 Å². The molecule has 0 radical (unpaired) electrons. The van der Waals surface area contributed by atoms with Gasteiger partial charge in [-0.25, -0.2) is 0 Å². The zero-order valence-corrected chi connectivity index (χ0v) is 10.2. The van der Waals surface area contributed by atoms with E-state index in [1.54, 1.807) is 0 Å². The molecule has 1 atom stereocenters. The number of piperazine rings is 1. The van der Waals surface area contributed by atoms with E-state index in [-0.39, 0.29) is 5.91 Å². The number of carbonyl (C=O) groups is 1. The lowest BCUT2D eigenvalue weighted by Crippen LogP contribution is -2.56. The Kier molecular flexibility index (Phi) is 2.63. The van der Waals surface area contributed by atoms with Gasteiger partial charge in [0.1, 0.15) is 0 Å². The van der Waals surface area contributed by atoms with E-state index < -0.39 is 0 Å². The fraction of sp³-hybridized carbons (Fsp3) is 0.500. The molecule has 0 spiro atoms. The highest BCUT2D eigenvalue weighted by Gasteiger charge is 2.33. The molecule has 0 aliphatic carbocycles. The Balaban J connectivity index is 2.00. The van der Waals surface area contributed by atoms with Crippen LogP contribution in [0.15, 0.2) is 18.2 Å². The van der Waals surface area contributed by atoms with Gasteiger partial charge in [0.15, 0.2) is 0 Å². The molecular weight excluding hydrogens is 212 g/mol. The number of hydrogen-bond donors (Lipinski definition) is 1. The van der Waals surface area contributed by atoms with Crippen molar-refractivity contribution in [3.8, 4) is 0 Å². The van der Waals surface area contributed by atoms with Crippen LogP contribution in [0.4, 0.5) is 0 Å². The summed E-state index contributed by atoms with van der Waals surface area (Å²) in [4.78, 5) is 14.5. The summed E-state index contributed by atoms with van der Waals surface area (Å²) < 4.78 is 0. The number of rotatable bonds is 1. The lowest BCUT2D eigenvalue weighted by molar-refractivity contribution is 0.0606. The van der Waals surface area contributed by atoms with Gasteiger partial charge in [0.2, 0.25) is 0 Å². The molecule has 1 aromatic carbocycles. The summed E-state index contributed by atoms with van der Waals surface area (Å²) in [5, 5.41) is 3.36. The molecule has 3 rings (SSSR count). The maximum absolute atomic E-state index is 12.4. The van der Waals surface area contributed by atoms with Gasteiger partial charge in [0, 0.05) is 31.2 Å². The number of nitrogens with one attached hydrogen (secondary N) is 1. The molecule has 17 heavy (non-hydrogen) atoms. The van der Waals surface area contributed by atoms with Gasteiger partial charge in [-0.15, -0.1) is 0 Å². The second-order valence-electron chi connectivity index (χ2n) is 4.91. The van der Waals surface area contributed by atoms with E-state index in [0.717, 1.165) is 38.0 Å². The summed E-state index contributed by atoms with van der Waals surface area (Å²) in [5.74, 6) is 0.230. The monoisotopic (exact) mass is 230 g/mol. The van der Waals surface area contributed by atoms with Gasteiger partial charge >= 0.3 is 0 Å². The first-order chi connectivity index (χ1) is 8.29. The van der Waals surface area contributed by atoms with Gasteiger partial charge in [-0.05, 0) is 30.0 Å². The zero-order valence-electron chi connectivity index (χ0n) is 10.2. The number of aryl methyl sites for hydroxylation is 1. The number of amides is 1. The standard InChI is InChI=1S/C14H18N2O/c1-2-10-3-4-11-8-12-9-15-5-6-16(12)14(17)13(11)7-10/h3-4,7,12,15H,2,5-6,8-9H2,1H3/t12-/m1/s1. The minimum Gasteiger partial charge on any atom is -0.333 e. The van der Waals surface area contributed by atoms with E-state index >= 15 is 0 Å². The highest BCUT2D eigenvalue weighted by Crippen LogP contribution is 2.25. The third-order valence-corrected chi connectivity index (χ3v) is 3.88. The molecular formula is C14H18N2O. The van der Waals surface area contributed by atoms with E-state index in [0.29, 0.717) is 6.04 Å². The Morgan fingerprint density at radius 3 is 3.18 bits per heavy atom. The molecule has 1 N–H and O–H groups in total. The fourth-order valence-electron chi connectivity index (χ4n) is 2.84. The Labute approximate surface area is 102 Å². The summed E-state index contributed by atoms with van der Waals surface area (Å²) in [7, 11) is 0. The van der Waals surface area contributed by atoms with Crippen molar-refractivity contribution in [2.24, 2.45) is 0 Å². The Bertz CT molecular complexity index is 456. The van der Waals surface area contributed by atoms with Crippen molar-refractivity contribution in [2.75, 3.05) is 19.6 Å². The van der Waals surface area contributed by atoms with Crippen molar-refractivity contribution < 1.29 is 4.79 Å². The number of hydrogen-bond acceptors (Lipinski definition) is 2. The highest BCUT2D eigenvalue weighted by atomic mass is 16.2. The van der Waals surface area contributed by atoms with E-state index in [2.05, 4.69) is 30.4 Å². The van der Waals surface area contributed by atoms with Crippen LogP contribution in [0.1, 0.15) is 28.4 Å². The van der Waals surface area contributed by atoms with Gasteiger partial charge in [-0.3, -0.25) is 4.79 Å². The Morgan fingerprint density at radius 1 is 1.47 bits per heavy atom. The van der Waals surface area contributed by atoms with Gasteiger partial charge in [-0.2, -0.15) is 0 Å². The van der Waals surface area contributed by atoms with Gasteiger partial charge in [0.05, 0.1) is 0 Å². The van der Waals surface area contributed by atoms with Gasteiger partial charge in [0.25, 0.3) is 5.91 Å². The molecule has 1 amide bonds. The van der Waals surface area contributed by atoms with E-state index in [1.165, 1.54) is 11.1 Å². The quantitative estimate of drug-likeness (QED) is 0.786. The van der Waals surface area contributed by atoms with Crippen LogP contribution in [0.5, 0.6) is 0 Å². The highest BCUT2D eigenvalue weighted by molar-refractivity contribution is 5.97. The van der Waals surface area contributed by atoms with Crippen molar-refractivity contribution in [3.63, 3.8) is 0 Å². The molecule has 1 saturated heterocycles. The smallest absolute Gasteiger partial charge is 0.254 e. The topological polar surface area (TPSA) is 32.3 Å². The summed E-state index contributed by atoms with van der Waals surface area (Å²) >= 11 is 0. The van der Waals surface area contributed by atoms with Crippen molar-refractivity contribution in [3.05, 3.63) is 34.9 Å². The average molecular weight is 230 g/mol. The summed E-state index contributed by atoms with van der Waals surface area (Å²) in [5.41, 5.74) is 3.41. The minimum atomic E-state index is 0.230. The largest absolute Gasteiger partial charge is 0.333 e. The molecule has 2 aliphatic heterocycles. The van der Waals surface area contributed by atoms with Gasteiger partial charge < -0.3 is 10.2 Å². The predicted molar refractivity (Wildman–Crippen MR) is 67.2 cm³/mol. The zero-order chi connectivity index (χ0) is 11.8. The first-order valence-corrected chi connectivity index (χ1v) is 6.43. The number of benzene rings is 1.